The number of ether oxygens (including phenoxy) is 1. The van der Waals surface area contributed by atoms with Gasteiger partial charge in [0.1, 0.15) is 0 Å². The average Bonchev–Trinajstić information content (AvgIpc) is 2.63. The smallest absolute Gasteiger partial charge is 0.315 e. The second kappa shape index (κ2) is 9.70. The Balaban J connectivity index is 1.79. The van der Waals surface area contributed by atoms with E-state index in [-0.39, 0.29) is 12.1 Å². The van der Waals surface area contributed by atoms with E-state index < -0.39 is 6.10 Å². The number of carbonyl (C=O) groups is 1. The maximum absolute atomic E-state index is 12.1. The highest BCUT2D eigenvalue weighted by Crippen LogP contribution is 2.15. The number of carbonyl (C=O) groups excluding carboxylic acids is 1. The molecule has 128 valence electrons. The topological polar surface area (TPSA) is 70.6 Å². The maximum atomic E-state index is 12.1. The SMILES string of the molecule is COCC(NC(=O)NCCC(O)c1ccccc1)c1ccccc1. The summed E-state index contributed by atoms with van der Waals surface area (Å²) in [5, 5.41) is 15.8. The Morgan fingerprint density at radius 2 is 1.62 bits per heavy atom. The Kier molecular flexibility index (Phi) is 7.26. The number of methoxy groups -OCH3 is 1. The summed E-state index contributed by atoms with van der Waals surface area (Å²) in [7, 11) is 1.60. The number of rotatable bonds is 8. The number of amides is 2. The molecule has 2 rings (SSSR count). The van der Waals surface area contributed by atoms with Crippen molar-refractivity contribution in [1.29, 1.82) is 0 Å². The number of aliphatic hydroxyl groups excluding tert-OH is 1. The zero-order valence-electron chi connectivity index (χ0n) is 13.8. The van der Waals surface area contributed by atoms with Crippen molar-refractivity contribution in [3.8, 4) is 0 Å². The predicted molar refractivity (Wildman–Crippen MR) is 93.6 cm³/mol. The summed E-state index contributed by atoms with van der Waals surface area (Å²) < 4.78 is 5.18. The average molecular weight is 328 g/mol. The van der Waals surface area contributed by atoms with Crippen LogP contribution < -0.4 is 10.6 Å². The first kappa shape index (κ1) is 18.0. The van der Waals surface area contributed by atoms with Gasteiger partial charge in [0.05, 0.1) is 18.8 Å². The van der Waals surface area contributed by atoms with E-state index in [0.717, 1.165) is 11.1 Å². The third-order valence-corrected chi connectivity index (χ3v) is 3.73. The van der Waals surface area contributed by atoms with Gasteiger partial charge in [-0.05, 0) is 17.5 Å². The van der Waals surface area contributed by atoms with E-state index >= 15 is 0 Å². The minimum Gasteiger partial charge on any atom is -0.388 e. The molecule has 0 spiro atoms. The summed E-state index contributed by atoms with van der Waals surface area (Å²) in [5.74, 6) is 0. The van der Waals surface area contributed by atoms with Crippen LogP contribution in [0.2, 0.25) is 0 Å². The number of urea groups is 1. The number of nitrogens with one attached hydrogen (secondary N) is 2. The number of aliphatic hydroxyl groups is 1. The molecule has 0 fully saturated rings. The van der Waals surface area contributed by atoms with Gasteiger partial charge in [0.2, 0.25) is 0 Å². The molecule has 0 aliphatic heterocycles. The first-order valence-corrected chi connectivity index (χ1v) is 8.02. The Morgan fingerprint density at radius 3 is 2.21 bits per heavy atom. The van der Waals surface area contributed by atoms with E-state index in [0.29, 0.717) is 19.6 Å². The lowest BCUT2D eigenvalue weighted by Gasteiger charge is -2.19. The molecule has 0 saturated carbocycles. The van der Waals surface area contributed by atoms with Gasteiger partial charge in [-0.2, -0.15) is 0 Å². The first-order chi connectivity index (χ1) is 11.7. The van der Waals surface area contributed by atoms with Crippen LogP contribution in [-0.4, -0.2) is 31.4 Å². The lowest BCUT2D eigenvalue weighted by molar-refractivity contribution is 0.160. The minimum atomic E-state index is -0.588. The molecule has 0 saturated heterocycles. The maximum Gasteiger partial charge on any atom is 0.315 e. The van der Waals surface area contributed by atoms with Gasteiger partial charge in [0.25, 0.3) is 0 Å². The lowest BCUT2D eigenvalue weighted by Crippen LogP contribution is -2.40. The van der Waals surface area contributed by atoms with Gasteiger partial charge in [-0.25, -0.2) is 4.79 Å². The van der Waals surface area contributed by atoms with Crippen LogP contribution in [0.15, 0.2) is 60.7 Å². The normalized spacial score (nSPS) is 13.1. The number of hydrogen-bond acceptors (Lipinski definition) is 3. The fourth-order valence-corrected chi connectivity index (χ4v) is 2.45. The summed E-state index contributed by atoms with van der Waals surface area (Å²) in [4.78, 5) is 12.1. The second-order valence-corrected chi connectivity index (χ2v) is 5.53. The van der Waals surface area contributed by atoms with Crippen molar-refractivity contribution in [3.05, 3.63) is 71.8 Å². The molecule has 0 bridgehead atoms. The summed E-state index contributed by atoms with van der Waals surface area (Å²) in [5.41, 5.74) is 1.83. The molecule has 0 radical (unpaired) electrons. The van der Waals surface area contributed by atoms with Crippen LogP contribution in [0.25, 0.3) is 0 Å². The molecular weight excluding hydrogens is 304 g/mol. The molecule has 5 nitrogen and oxygen atoms in total. The molecule has 2 aromatic rings. The van der Waals surface area contributed by atoms with E-state index in [1.165, 1.54) is 0 Å². The molecule has 3 N–H and O–H groups in total. The standard InChI is InChI=1S/C19H24N2O3/c1-24-14-17(15-8-4-2-5-9-15)21-19(23)20-13-12-18(22)16-10-6-3-7-11-16/h2-11,17-18,22H,12-14H2,1H3,(H2,20,21,23). The highest BCUT2D eigenvalue weighted by molar-refractivity contribution is 5.74. The molecule has 2 aromatic carbocycles. The fourth-order valence-electron chi connectivity index (χ4n) is 2.45. The lowest BCUT2D eigenvalue weighted by atomic mass is 10.1. The molecule has 24 heavy (non-hydrogen) atoms. The fraction of sp³-hybridized carbons (Fsp3) is 0.316. The van der Waals surface area contributed by atoms with Crippen molar-refractivity contribution in [1.82, 2.24) is 10.6 Å². The van der Waals surface area contributed by atoms with E-state index in [2.05, 4.69) is 10.6 Å². The Morgan fingerprint density at radius 1 is 1.04 bits per heavy atom. The molecule has 0 heterocycles. The van der Waals surface area contributed by atoms with Crippen LogP contribution in [0.5, 0.6) is 0 Å². The Hall–Kier alpha value is -2.37. The number of benzene rings is 2. The van der Waals surface area contributed by atoms with Gasteiger partial charge in [-0.15, -0.1) is 0 Å². The minimum absolute atomic E-state index is 0.213. The van der Waals surface area contributed by atoms with Crippen molar-refractivity contribution in [2.75, 3.05) is 20.3 Å². The van der Waals surface area contributed by atoms with Crippen LogP contribution in [-0.2, 0) is 4.74 Å². The van der Waals surface area contributed by atoms with E-state index in [1.807, 2.05) is 60.7 Å². The molecule has 0 aromatic heterocycles. The van der Waals surface area contributed by atoms with Crippen LogP contribution in [0.1, 0.15) is 29.7 Å². The second-order valence-electron chi connectivity index (χ2n) is 5.53. The summed E-state index contributed by atoms with van der Waals surface area (Å²) in [6, 6.07) is 18.6. The summed E-state index contributed by atoms with van der Waals surface area (Å²) >= 11 is 0. The van der Waals surface area contributed by atoms with Crippen LogP contribution >= 0.6 is 0 Å². The highest BCUT2D eigenvalue weighted by atomic mass is 16.5. The van der Waals surface area contributed by atoms with Crippen molar-refractivity contribution in [3.63, 3.8) is 0 Å². The monoisotopic (exact) mass is 328 g/mol. The van der Waals surface area contributed by atoms with Crippen molar-refractivity contribution >= 4 is 6.03 Å². The van der Waals surface area contributed by atoms with Crippen molar-refractivity contribution < 1.29 is 14.6 Å². The van der Waals surface area contributed by atoms with Crippen LogP contribution in [0, 0.1) is 0 Å². The Labute approximate surface area is 142 Å². The van der Waals surface area contributed by atoms with Crippen LogP contribution in [0.4, 0.5) is 4.79 Å². The molecule has 2 atom stereocenters. The van der Waals surface area contributed by atoms with Crippen molar-refractivity contribution in [2.24, 2.45) is 0 Å². The van der Waals surface area contributed by atoms with Gasteiger partial charge in [0.15, 0.2) is 0 Å². The number of hydrogen-bond donors (Lipinski definition) is 3. The van der Waals surface area contributed by atoms with E-state index in [9.17, 15) is 9.90 Å². The highest BCUT2D eigenvalue weighted by Gasteiger charge is 2.14. The zero-order valence-corrected chi connectivity index (χ0v) is 13.8. The van der Waals surface area contributed by atoms with Crippen molar-refractivity contribution in [2.45, 2.75) is 18.6 Å². The third-order valence-electron chi connectivity index (χ3n) is 3.73. The zero-order chi connectivity index (χ0) is 17.2. The largest absolute Gasteiger partial charge is 0.388 e. The molecular formula is C19H24N2O3. The molecule has 0 aliphatic carbocycles. The quantitative estimate of drug-likeness (QED) is 0.698. The van der Waals surface area contributed by atoms with Gasteiger partial charge in [0, 0.05) is 13.7 Å². The van der Waals surface area contributed by atoms with Gasteiger partial charge in [-0.1, -0.05) is 60.7 Å². The first-order valence-electron chi connectivity index (χ1n) is 8.02. The van der Waals surface area contributed by atoms with E-state index in [1.54, 1.807) is 7.11 Å². The molecule has 2 unspecified atom stereocenters. The Bertz CT molecular complexity index is 605. The molecule has 2 amide bonds. The molecule has 5 heteroatoms. The van der Waals surface area contributed by atoms with E-state index in [4.69, 9.17) is 4.74 Å². The predicted octanol–water partition coefficient (Wildman–Crippen LogP) is 2.80. The summed E-state index contributed by atoms with van der Waals surface area (Å²) in [6.07, 6.45) is -0.132. The van der Waals surface area contributed by atoms with Crippen LogP contribution in [0.3, 0.4) is 0 Å². The molecule has 0 aliphatic rings. The van der Waals surface area contributed by atoms with Gasteiger partial charge in [-0.3, -0.25) is 0 Å². The third kappa shape index (κ3) is 5.68. The summed E-state index contributed by atoms with van der Waals surface area (Å²) in [6.45, 7) is 0.778. The van der Waals surface area contributed by atoms with Gasteiger partial charge < -0.3 is 20.5 Å². The van der Waals surface area contributed by atoms with Gasteiger partial charge >= 0.3 is 6.03 Å².